The minimum atomic E-state index is -1.76. The average molecular weight is 321 g/mol. The Morgan fingerprint density at radius 2 is 1.52 bits per heavy atom. The summed E-state index contributed by atoms with van der Waals surface area (Å²) < 4.78 is 6.78. The van der Waals surface area contributed by atoms with Crippen molar-refractivity contribution in [1.29, 1.82) is 0 Å². The Hall–Kier alpha value is -0.646. The molecular weight excluding hydrogens is 288 g/mol. The molecule has 1 aromatic rings. The van der Waals surface area contributed by atoms with Crippen molar-refractivity contribution in [2.75, 3.05) is 0 Å². The quantitative estimate of drug-likeness (QED) is 0.541. The lowest BCUT2D eigenvalue weighted by Gasteiger charge is -2.43. The summed E-state index contributed by atoms with van der Waals surface area (Å²) in [5.74, 6) is 0. The van der Waals surface area contributed by atoms with E-state index in [-0.39, 0.29) is 10.8 Å². The molecule has 0 saturated carbocycles. The van der Waals surface area contributed by atoms with Gasteiger partial charge in [-0.2, -0.15) is 0 Å². The lowest BCUT2D eigenvalue weighted by atomic mass is 10.2. The Bertz CT molecular complexity index is 470. The summed E-state index contributed by atoms with van der Waals surface area (Å²) in [6.45, 7) is 18.5. The van der Waals surface area contributed by atoms with Crippen molar-refractivity contribution in [2.24, 2.45) is 0 Å². The molecule has 0 aromatic heterocycles. The molecule has 1 rings (SSSR count). The molecule has 0 unspecified atom stereocenters. The van der Waals surface area contributed by atoms with Crippen molar-refractivity contribution in [2.45, 2.75) is 64.6 Å². The van der Waals surface area contributed by atoms with Gasteiger partial charge in [-0.3, -0.25) is 0 Å². The molecule has 0 fully saturated rings. The summed E-state index contributed by atoms with van der Waals surface area (Å²) in [6.07, 6.45) is 4.43. The molecule has 0 spiro atoms. The number of hydrogen-bond acceptors (Lipinski definition) is 1. The number of allylic oxidation sites excluding steroid dienone is 1. The van der Waals surface area contributed by atoms with E-state index in [4.69, 9.17) is 4.43 Å². The summed E-state index contributed by atoms with van der Waals surface area (Å²) >= 11 is 0. The molecule has 3 heteroatoms. The third-order valence-electron chi connectivity index (χ3n) is 4.82. The number of hydrogen-bond donors (Lipinski definition) is 0. The minimum Gasteiger partial charge on any atom is -0.413 e. The Morgan fingerprint density at radius 1 is 1.00 bits per heavy atom. The third-order valence-corrected chi connectivity index (χ3v) is 13.1. The van der Waals surface area contributed by atoms with E-state index in [1.165, 1.54) is 5.19 Å². The first-order valence-electron chi connectivity index (χ1n) is 7.88. The van der Waals surface area contributed by atoms with Crippen molar-refractivity contribution in [3.63, 3.8) is 0 Å². The first kappa shape index (κ1) is 18.4. The van der Waals surface area contributed by atoms with Crippen LogP contribution < -0.4 is 5.19 Å². The van der Waals surface area contributed by atoms with Crippen molar-refractivity contribution >= 4 is 21.6 Å². The topological polar surface area (TPSA) is 9.23 Å². The molecular formula is C18H32OSi2. The van der Waals surface area contributed by atoms with Crippen molar-refractivity contribution < 1.29 is 4.43 Å². The van der Waals surface area contributed by atoms with Gasteiger partial charge in [0.15, 0.2) is 8.32 Å². The highest BCUT2D eigenvalue weighted by Gasteiger charge is 2.43. The highest BCUT2D eigenvalue weighted by Crippen LogP contribution is 2.38. The van der Waals surface area contributed by atoms with Crippen molar-refractivity contribution in [3.8, 4) is 0 Å². The summed E-state index contributed by atoms with van der Waals surface area (Å²) in [5, 5.41) is 1.71. The fraction of sp³-hybridized carbons (Fsp3) is 0.556. The summed E-state index contributed by atoms with van der Waals surface area (Å²) in [7, 11) is -3.46. The normalized spacial score (nSPS) is 15.4. The molecule has 1 nitrogen and oxygen atoms in total. The largest absolute Gasteiger partial charge is 0.413 e. The van der Waals surface area contributed by atoms with Gasteiger partial charge in [-0.25, -0.2) is 0 Å². The first-order valence-corrected chi connectivity index (χ1v) is 13.9. The Morgan fingerprint density at radius 3 is 1.95 bits per heavy atom. The van der Waals surface area contributed by atoms with Crippen molar-refractivity contribution in [1.82, 2.24) is 0 Å². The van der Waals surface area contributed by atoms with Gasteiger partial charge < -0.3 is 4.43 Å². The van der Waals surface area contributed by atoms with E-state index in [1.807, 2.05) is 0 Å². The molecule has 118 valence electrons. The van der Waals surface area contributed by atoms with E-state index in [1.54, 1.807) is 0 Å². The fourth-order valence-corrected chi connectivity index (χ4v) is 7.31. The molecule has 0 bridgehead atoms. The van der Waals surface area contributed by atoms with Crippen LogP contribution in [0.4, 0.5) is 0 Å². The van der Waals surface area contributed by atoms with Gasteiger partial charge in [0.05, 0.1) is 5.73 Å². The lowest BCUT2D eigenvalue weighted by molar-refractivity contribution is 0.285. The second-order valence-electron chi connectivity index (χ2n) is 7.91. The molecule has 0 amide bonds. The molecule has 1 atom stereocenters. The highest BCUT2D eigenvalue weighted by atomic mass is 28.4. The van der Waals surface area contributed by atoms with E-state index >= 15 is 0 Å². The molecule has 0 heterocycles. The lowest BCUT2D eigenvalue weighted by Crippen LogP contribution is -2.57. The van der Waals surface area contributed by atoms with Gasteiger partial charge >= 0.3 is 0 Å². The maximum Gasteiger partial charge on any atom is 0.192 e. The van der Waals surface area contributed by atoms with Gasteiger partial charge in [0.25, 0.3) is 0 Å². The van der Waals surface area contributed by atoms with Gasteiger partial charge in [-0.15, -0.1) is 0 Å². The fourth-order valence-electron chi connectivity index (χ4n) is 2.13. The zero-order valence-electron chi connectivity index (χ0n) is 15.0. The third kappa shape index (κ3) is 4.41. The molecule has 0 aliphatic carbocycles. The smallest absolute Gasteiger partial charge is 0.192 e. The van der Waals surface area contributed by atoms with Crippen LogP contribution in [0.15, 0.2) is 42.5 Å². The van der Waals surface area contributed by atoms with Crippen LogP contribution in [0.25, 0.3) is 0 Å². The van der Waals surface area contributed by atoms with Gasteiger partial charge in [0, 0.05) is 0 Å². The van der Waals surface area contributed by atoms with E-state index in [0.717, 1.165) is 0 Å². The predicted molar refractivity (Wildman–Crippen MR) is 100 cm³/mol. The molecule has 1 aromatic carbocycles. The maximum absolute atomic E-state index is 6.78. The van der Waals surface area contributed by atoms with Gasteiger partial charge in [-0.1, -0.05) is 81.5 Å². The second-order valence-corrected chi connectivity index (χ2v) is 17.3. The van der Waals surface area contributed by atoms with Crippen LogP contribution in [0.5, 0.6) is 0 Å². The predicted octanol–water partition coefficient (Wildman–Crippen LogP) is 5.11. The number of benzene rings is 1. The zero-order chi connectivity index (χ0) is 16.3. The maximum atomic E-state index is 6.78. The Kier molecular flexibility index (Phi) is 5.81. The van der Waals surface area contributed by atoms with Crippen LogP contribution in [0.2, 0.25) is 31.2 Å². The molecule has 0 N–H and O–H groups in total. The molecule has 0 saturated heterocycles. The van der Waals surface area contributed by atoms with E-state index in [2.05, 4.69) is 96.4 Å². The van der Waals surface area contributed by atoms with E-state index in [9.17, 15) is 0 Å². The first-order chi connectivity index (χ1) is 9.52. The standard InChI is InChI=1S/C18H32OSi2/c1-9-13-17(19-21(7,8)18(2,3)4)20(5,6)16-14-11-10-12-15-16/h9-15,17H,1-8H3/b13-9+/t17-/m0/s1. The summed E-state index contributed by atoms with van der Waals surface area (Å²) in [4.78, 5) is 0. The zero-order valence-corrected chi connectivity index (χ0v) is 17.0. The molecule has 0 aliphatic rings. The second kappa shape index (κ2) is 6.63. The highest BCUT2D eigenvalue weighted by molar-refractivity contribution is 6.92. The van der Waals surface area contributed by atoms with Gasteiger partial charge in [0.2, 0.25) is 0 Å². The van der Waals surface area contributed by atoms with Crippen LogP contribution in [-0.4, -0.2) is 22.1 Å². The summed E-state index contributed by atoms with van der Waals surface area (Å²) in [5.41, 5.74) is 0.241. The van der Waals surface area contributed by atoms with Gasteiger partial charge in [-0.05, 0) is 25.1 Å². The Balaban J connectivity index is 3.13. The van der Waals surface area contributed by atoms with E-state index in [0.29, 0.717) is 0 Å². The Labute approximate surface area is 133 Å². The van der Waals surface area contributed by atoms with Crippen LogP contribution in [0, 0.1) is 0 Å². The van der Waals surface area contributed by atoms with E-state index < -0.39 is 16.4 Å². The molecule has 0 radical (unpaired) electrons. The van der Waals surface area contributed by atoms with Crippen molar-refractivity contribution in [3.05, 3.63) is 42.5 Å². The number of rotatable bonds is 5. The van der Waals surface area contributed by atoms with Crippen LogP contribution in [0.3, 0.4) is 0 Å². The van der Waals surface area contributed by atoms with Crippen LogP contribution >= 0.6 is 0 Å². The summed E-state index contributed by atoms with van der Waals surface area (Å²) in [6, 6.07) is 10.9. The SMILES string of the molecule is C/C=C/[C@@H](O[Si](C)(C)C(C)(C)C)[Si](C)(C)c1ccccc1. The average Bonchev–Trinajstić information content (AvgIpc) is 2.37. The van der Waals surface area contributed by atoms with Gasteiger partial charge in [0.1, 0.15) is 8.07 Å². The minimum absolute atomic E-state index is 0.241. The van der Waals surface area contributed by atoms with Crippen LogP contribution in [-0.2, 0) is 4.43 Å². The molecule has 21 heavy (non-hydrogen) atoms. The van der Waals surface area contributed by atoms with Crippen LogP contribution in [0.1, 0.15) is 27.7 Å². The monoisotopic (exact) mass is 320 g/mol. The molecule has 0 aliphatic heterocycles.